The number of H-pyrrole nitrogens is 1. The zero-order valence-corrected chi connectivity index (χ0v) is 35.7. The Bertz CT molecular complexity index is 2560. The third kappa shape index (κ3) is 9.27. The molecule has 3 atom stereocenters. The second kappa shape index (κ2) is 18.9. The number of halogens is 1. The summed E-state index contributed by atoms with van der Waals surface area (Å²) in [6.07, 6.45) is 6.05. The molecule has 0 radical (unpaired) electrons. The van der Waals surface area contributed by atoms with Crippen LogP contribution >= 0.6 is 11.6 Å². The van der Waals surface area contributed by atoms with Gasteiger partial charge in [0.05, 0.1) is 18.3 Å². The quantitative estimate of drug-likeness (QED) is 0.0976. The van der Waals surface area contributed by atoms with Gasteiger partial charge in [-0.05, 0) is 72.8 Å². The van der Waals surface area contributed by atoms with E-state index >= 15 is 0 Å². The number of aromatic amines is 1. The zero-order valence-electron chi connectivity index (χ0n) is 35.0. The van der Waals surface area contributed by atoms with E-state index in [1.165, 1.54) is 24.3 Å². The smallest absolute Gasteiger partial charge is 0.409 e. The number of carbonyl (C=O) groups is 7. The van der Waals surface area contributed by atoms with Crippen LogP contribution in [0.4, 0.5) is 16.2 Å². The molecule has 1 aliphatic carbocycles. The predicted molar refractivity (Wildman–Crippen MR) is 238 cm³/mol. The Balaban J connectivity index is 0.873. The number of rotatable bonds is 13. The van der Waals surface area contributed by atoms with Crippen molar-refractivity contribution in [3.63, 3.8) is 0 Å². The molecule has 7 amide bonds. The van der Waals surface area contributed by atoms with Gasteiger partial charge >= 0.3 is 6.09 Å². The molecule has 1 saturated heterocycles. The van der Waals surface area contributed by atoms with Crippen LogP contribution in [-0.2, 0) is 25.6 Å². The first-order chi connectivity index (χ1) is 30.9. The number of aliphatic hydroxyl groups is 1. The van der Waals surface area contributed by atoms with Crippen molar-refractivity contribution >= 4 is 81.4 Å². The number of nitrogens with zero attached hydrogens (tertiary/aromatic N) is 4. The summed E-state index contributed by atoms with van der Waals surface area (Å²) in [7, 11) is 2.01. The Kier molecular flexibility index (Phi) is 12.9. The molecule has 3 aliphatic heterocycles. The van der Waals surface area contributed by atoms with E-state index in [0.29, 0.717) is 54.4 Å². The lowest BCUT2D eigenvalue weighted by atomic mass is 9.95. The van der Waals surface area contributed by atoms with Crippen molar-refractivity contribution in [2.45, 2.75) is 37.3 Å². The summed E-state index contributed by atoms with van der Waals surface area (Å²) in [5.41, 5.74) is 4.14. The molecule has 0 saturated carbocycles. The number of piperazine rings is 1. The van der Waals surface area contributed by atoms with E-state index in [4.69, 9.17) is 16.3 Å². The maximum atomic E-state index is 14.3. The lowest BCUT2D eigenvalue weighted by Crippen LogP contribution is -2.48. The van der Waals surface area contributed by atoms with Gasteiger partial charge in [0, 0.05) is 98.0 Å². The number of ether oxygens (including phenoxy) is 1. The fourth-order valence-corrected chi connectivity index (χ4v) is 8.62. The first-order valence-corrected chi connectivity index (χ1v) is 21.6. The highest BCUT2D eigenvalue weighted by Gasteiger charge is 2.37. The minimum Gasteiger partial charge on any atom is -0.409 e. The third-order valence-corrected chi connectivity index (χ3v) is 12.2. The number of anilines is 2. The molecule has 64 heavy (non-hydrogen) atoms. The number of benzene rings is 3. The summed E-state index contributed by atoms with van der Waals surface area (Å²) in [6, 6.07) is 15.7. The van der Waals surface area contributed by atoms with Gasteiger partial charge in [-0.1, -0.05) is 30.3 Å². The number of nitrogens with one attached hydrogen (secondary N) is 4. The number of aromatic nitrogens is 1. The molecule has 332 valence electrons. The van der Waals surface area contributed by atoms with Gasteiger partial charge in [0.1, 0.15) is 17.5 Å². The van der Waals surface area contributed by atoms with Crippen molar-refractivity contribution in [2.24, 2.45) is 0 Å². The number of fused-ring (bicyclic) bond motifs is 4. The van der Waals surface area contributed by atoms with Gasteiger partial charge in [0.15, 0.2) is 0 Å². The molecule has 0 bridgehead atoms. The maximum Gasteiger partial charge on any atom is 0.415 e. The van der Waals surface area contributed by atoms with Crippen LogP contribution in [0, 0.1) is 0 Å². The normalized spacial score (nSPS) is 18.5. The highest BCUT2D eigenvalue weighted by molar-refractivity contribution is 6.19. The van der Waals surface area contributed by atoms with Crippen LogP contribution in [0.5, 0.6) is 5.75 Å². The highest BCUT2D eigenvalue weighted by atomic mass is 35.5. The average Bonchev–Trinajstić information content (AvgIpc) is 3.99. The van der Waals surface area contributed by atoms with E-state index in [0.717, 1.165) is 57.7 Å². The molecule has 4 aromatic rings. The largest absolute Gasteiger partial charge is 0.415 e. The van der Waals surface area contributed by atoms with E-state index in [2.05, 4.69) is 25.8 Å². The first kappa shape index (κ1) is 43.8. The van der Waals surface area contributed by atoms with E-state index in [1.54, 1.807) is 21.9 Å². The minimum absolute atomic E-state index is 0.0464. The van der Waals surface area contributed by atoms with Crippen LogP contribution in [-0.4, -0.2) is 137 Å². The number of imide groups is 1. The Morgan fingerprint density at radius 2 is 1.66 bits per heavy atom. The van der Waals surface area contributed by atoms with Crippen LogP contribution in [0.15, 0.2) is 78.9 Å². The number of hydrogen-bond acceptors (Lipinski definition) is 10. The standard InChI is InChI=1S/C46H47ClN8O9/c1-52-17-19-53(20-18-52)46(63)64-38-23-37-42(33-6-3-2-5-32(33)38)29(24-47)25-55(37)45(62)35-22-28-21-31(12-13-34(28)50-35)49-43(60)27-8-10-30(11-9-27)48-44(61)36(26-56)51-39(57)7-4-16-54-40(58)14-15-41(54)59/h2-3,5-6,8-15,22-23,29,31,36,50,56H,4,7,16-21,24-26H2,1H3,(H,48,61)(H,49,60)(H,51,57)/t29-,31?,36+/m1/s1. The molecule has 1 unspecified atom stereocenters. The van der Waals surface area contributed by atoms with Crippen LogP contribution in [0.2, 0.25) is 0 Å². The van der Waals surface area contributed by atoms with Crippen LogP contribution in [0.25, 0.3) is 16.8 Å². The van der Waals surface area contributed by atoms with Crippen LogP contribution < -0.4 is 25.6 Å². The lowest BCUT2D eigenvalue weighted by molar-refractivity contribution is -0.137. The second-order valence-corrected chi connectivity index (χ2v) is 16.5. The highest BCUT2D eigenvalue weighted by Crippen LogP contribution is 2.46. The molecular formula is C46H47ClN8O9. The van der Waals surface area contributed by atoms with Gasteiger partial charge in [-0.15, -0.1) is 11.6 Å². The summed E-state index contributed by atoms with van der Waals surface area (Å²) in [5, 5.41) is 19.5. The summed E-state index contributed by atoms with van der Waals surface area (Å²) >= 11 is 6.53. The number of likely N-dealkylation sites (N-methyl/N-ethyl adjacent to an activating group) is 1. The Labute approximate surface area is 373 Å². The van der Waals surface area contributed by atoms with Gasteiger partial charge < -0.3 is 45.5 Å². The van der Waals surface area contributed by atoms with Crippen molar-refractivity contribution in [1.82, 2.24) is 30.3 Å². The molecule has 3 aromatic carbocycles. The first-order valence-electron chi connectivity index (χ1n) is 21.0. The van der Waals surface area contributed by atoms with E-state index in [9.17, 15) is 38.7 Å². The number of aliphatic hydroxyl groups excluding tert-OH is 1. The second-order valence-electron chi connectivity index (χ2n) is 16.2. The van der Waals surface area contributed by atoms with Crippen molar-refractivity contribution in [2.75, 3.05) is 69.0 Å². The van der Waals surface area contributed by atoms with Crippen molar-refractivity contribution in [1.29, 1.82) is 0 Å². The minimum atomic E-state index is -1.26. The topological polar surface area (TPSA) is 214 Å². The summed E-state index contributed by atoms with van der Waals surface area (Å²) in [5.74, 6) is -2.26. The molecule has 18 heteroatoms. The van der Waals surface area contributed by atoms with Crippen molar-refractivity contribution in [3.8, 4) is 5.75 Å². The van der Waals surface area contributed by atoms with E-state index < -0.39 is 48.4 Å². The molecule has 1 aromatic heterocycles. The zero-order chi connectivity index (χ0) is 45.1. The molecular weight excluding hydrogens is 844 g/mol. The van der Waals surface area contributed by atoms with Crippen molar-refractivity contribution in [3.05, 3.63) is 107 Å². The number of carbonyl (C=O) groups excluding carboxylic acids is 7. The van der Waals surface area contributed by atoms with E-state index in [1.807, 2.05) is 43.5 Å². The van der Waals surface area contributed by atoms with Gasteiger partial charge in [0.25, 0.3) is 23.6 Å². The number of amides is 7. The summed E-state index contributed by atoms with van der Waals surface area (Å²) in [6.45, 7) is 2.31. The Morgan fingerprint density at radius 1 is 0.938 bits per heavy atom. The molecule has 0 spiro atoms. The molecule has 4 aliphatic rings. The maximum absolute atomic E-state index is 14.3. The summed E-state index contributed by atoms with van der Waals surface area (Å²) in [4.78, 5) is 99.5. The van der Waals surface area contributed by atoms with Gasteiger partial charge in [-0.2, -0.15) is 0 Å². The molecule has 4 heterocycles. The van der Waals surface area contributed by atoms with Crippen LogP contribution in [0.1, 0.15) is 56.4 Å². The molecule has 8 rings (SSSR count). The van der Waals surface area contributed by atoms with Gasteiger partial charge in [0.2, 0.25) is 11.8 Å². The van der Waals surface area contributed by atoms with Gasteiger partial charge in [-0.3, -0.25) is 33.7 Å². The monoisotopic (exact) mass is 890 g/mol. The van der Waals surface area contributed by atoms with E-state index in [-0.39, 0.29) is 43.0 Å². The third-order valence-electron chi connectivity index (χ3n) is 11.9. The fraction of sp³-hybridized carbons (Fsp3) is 0.326. The summed E-state index contributed by atoms with van der Waals surface area (Å²) < 4.78 is 6.04. The Morgan fingerprint density at radius 3 is 2.36 bits per heavy atom. The lowest BCUT2D eigenvalue weighted by Gasteiger charge is -2.31. The average molecular weight is 891 g/mol. The molecule has 5 N–H and O–H groups in total. The van der Waals surface area contributed by atoms with Crippen LogP contribution in [0.3, 0.4) is 0 Å². The number of alkyl halides is 1. The number of hydrogen-bond donors (Lipinski definition) is 5. The SMILES string of the molecule is CN1CCN(C(=O)Oc2cc3c(c4ccccc24)[C@H](CCl)CN3C(=O)c2cc3c([nH]2)C=CC(NC(=O)c2ccc(NC(=O)[C@H](CO)NC(=O)CCCN4C(=O)C=CC4=O)cc2)C3)CC1. The van der Waals surface area contributed by atoms with Crippen molar-refractivity contribution < 1.29 is 43.4 Å². The molecule has 1 fully saturated rings. The predicted octanol–water partition coefficient (Wildman–Crippen LogP) is 3.39. The Hall–Kier alpha value is -6.82. The van der Waals surface area contributed by atoms with Gasteiger partial charge in [-0.25, -0.2) is 4.79 Å². The fourth-order valence-electron chi connectivity index (χ4n) is 8.37. The molecule has 17 nitrogen and oxygen atoms in total.